The summed E-state index contributed by atoms with van der Waals surface area (Å²) in [5.74, 6) is -0.00735. The number of fused-ring (bicyclic) bond motifs is 1. The summed E-state index contributed by atoms with van der Waals surface area (Å²) in [7, 11) is 1.70. The molecule has 4 rings (SSSR count). The SMILES string of the molecule is CC(NC(=O)Cn1c(=O)n(C)c2ccccc21)c1ccc(NC(=O)C2CC2)cc1. The lowest BCUT2D eigenvalue weighted by molar-refractivity contribution is -0.122. The normalized spacial score (nSPS) is 14.6. The number of amides is 2. The molecule has 1 unspecified atom stereocenters. The number of hydrogen-bond donors (Lipinski definition) is 2. The number of aryl methyl sites for hydroxylation is 1. The average Bonchev–Trinajstić information content (AvgIpc) is 3.54. The van der Waals surface area contributed by atoms with Gasteiger partial charge in [0.1, 0.15) is 6.54 Å². The van der Waals surface area contributed by atoms with Crippen LogP contribution in [0.5, 0.6) is 0 Å². The van der Waals surface area contributed by atoms with Crippen molar-refractivity contribution < 1.29 is 9.59 Å². The topological polar surface area (TPSA) is 85.1 Å². The van der Waals surface area contributed by atoms with Crippen LogP contribution in [0.25, 0.3) is 11.0 Å². The summed E-state index contributed by atoms with van der Waals surface area (Å²) in [6, 6.07) is 14.6. The molecule has 2 amide bonds. The molecule has 0 radical (unpaired) electrons. The molecule has 1 atom stereocenters. The van der Waals surface area contributed by atoms with Crippen LogP contribution < -0.4 is 16.3 Å². The van der Waals surface area contributed by atoms with Crippen LogP contribution in [0.15, 0.2) is 53.3 Å². The number of anilines is 1. The summed E-state index contributed by atoms with van der Waals surface area (Å²) in [4.78, 5) is 36.9. The molecule has 0 bridgehead atoms. The minimum absolute atomic E-state index is 0.0416. The summed E-state index contributed by atoms with van der Waals surface area (Å²) in [6.07, 6.45) is 1.93. The van der Waals surface area contributed by atoms with Gasteiger partial charge >= 0.3 is 5.69 Å². The van der Waals surface area contributed by atoms with E-state index in [1.807, 2.05) is 55.5 Å². The smallest absolute Gasteiger partial charge is 0.329 e. The molecule has 3 aromatic rings. The third-order valence-corrected chi connectivity index (χ3v) is 5.36. The van der Waals surface area contributed by atoms with Crippen molar-refractivity contribution in [2.45, 2.75) is 32.4 Å². The van der Waals surface area contributed by atoms with Gasteiger partial charge in [-0.1, -0.05) is 24.3 Å². The predicted octanol–water partition coefficient (Wildman–Crippen LogP) is 2.57. The quantitative estimate of drug-likeness (QED) is 0.676. The fraction of sp³-hybridized carbons (Fsp3) is 0.318. The molecule has 2 N–H and O–H groups in total. The molecule has 1 saturated carbocycles. The molecule has 7 nitrogen and oxygen atoms in total. The Morgan fingerprint density at radius 1 is 1.07 bits per heavy atom. The van der Waals surface area contributed by atoms with Gasteiger partial charge in [-0.25, -0.2) is 4.79 Å². The van der Waals surface area contributed by atoms with E-state index in [2.05, 4.69) is 10.6 Å². The van der Waals surface area contributed by atoms with Crippen molar-refractivity contribution in [3.05, 3.63) is 64.6 Å². The maximum absolute atomic E-state index is 12.6. The Morgan fingerprint density at radius 2 is 1.72 bits per heavy atom. The molecule has 1 aliphatic rings. The van der Waals surface area contributed by atoms with Gasteiger partial charge in [0.25, 0.3) is 0 Å². The monoisotopic (exact) mass is 392 g/mol. The summed E-state index contributed by atoms with van der Waals surface area (Å²) in [5, 5.41) is 5.84. The first-order valence-corrected chi connectivity index (χ1v) is 9.78. The fourth-order valence-electron chi connectivity index (χ4n) is 3.48. The van der Waals surface area contributed by atoms with E-state index in [0.717, 1.165) is 35.1 Å². The summed E-state index contributed by atoms with van der Waals surface area (Å²) < 4.78 is 3.02. The van der Waals surface area contributed by atoms with Gasteiger partial charge in [-0.2, -0.15) is 0 Å². The van der Waals surface area contributed by atoms with E-state index in [0.29, 0.717) is 0 Å². The molecule has 29 heavy (non-hydrogen) atoms. The van der Waals surface area contributed by atoms with Crippen molar-refractivity contribution >= 4 is 28.5 Å². The van der Waals surface area contributed by atoms with E-state index in [4.69, 9.17) is 0 Å². The summed E-state index contributed by atoms with van der Waals surface area (Å²) >= 11 is 0. The molecule has 150 valence electrons. The molecule has 1 aliphatic carbocycles. The number of benzene rings is 2. The molecule has 0 saturated heterocycles. The number of carbonyl (C=O) groups excluding carboxylic acids is 2. The standard InChI is InChI=1S/C22H24N4O3/c1-14(15-9-11-17(12-10-15)24-21(28)16-7-8-16)23-20(27)13-26-19-6-4-3-5-18(19)25(2)22(26)29/h3-6,9-12,14,16H,7-8,13H2,1-2H3,(H,23,27)(H,24,28). The van der Waals surface area contributed by atoms with Gasteiger partial charge in [-0.05, 0) is 49.6 Å². The number of carbonyl (C=O) groups is 2. The molecular weight excluding hydrogens is 368 g/mol. The molecule has 0 spiro atoms. The average molecular weight is 392 g/mol. The Morgan fingerprint density at radius 3 is 2.38 bits per heavy atom. The number of para-hydroxylation sites is 2. The van der Waals surface area contributed by atoms with Crippen LogP contribution in [0.3, 0.4) is 0 Å². The highest BCUT2D eigenvalue weighted by Gasteiger charge is 2.29. The first kappa shape index (κ1) is 19.0. The fourth-order valence-corrected chi connectivity index (χ4v) is 3.48. The van der Waals surface area contributed by atoms with Crippen molar-refractivity contribution in [2.24, 2.45) is 13.0 Å². The van der Waals surface area contributed by atoms with E-state index < -0.39 is 0 Å². The predicted molar refractivity (Wildman–Crippen MR) is 112 cm³/mol. The van der Waals surface area contributed by atoms with Gasteiger partial charge < -0.3 is 10.6 Å². The third-order valence-electron chi connectivity index (χ3n) is 5.36. The number of hydrogen-bond acceptors (Lipinski definition) is 3. The second-order valence-corrected chi connectivity index (χ2v) is 7.59. The van der Waals surface area contributed by atoms with Crippen LogP contribution in [0.1, 0.15) is 31.4 Å². The minimum Gasteiger partial charge on any atom is -0.348 e. The highest BCUT2D eigenvalue weighted by Crippen LogP contribution is 2.30. The number of imidazole rings is 1. The molecule has 1 aromatic heterocycles. The zero-order valence-electron chi connectivity index (χ0n) is 16.5. The first-order valence-electron chi connectivity index (χ1n) is 9.78. The van der Waals surface area contributed by atoms with Gasteiger partial charge in [0, 0.05) is 18.7 Å². The Balaban J connectivity index is 1.41. The number of nitrogens with zero attached hydrogens (tertiary/aromatic N) is 2. The second kappa shape index (κ2) is 7.58. The lowest BCUT2D eigenvalue weighted by Crippen LogP contribution is -2.34. The molecule has 7 heteroatoms. The van der Waals surface area contributed by atoms with Crippen LogP contribution in [-0.2, 0) is 23.2 Å². The largest absolute Gasteiger partial charge is 0.348 e. The van der Waals surface area contributed by atoms with Crippen molar-refractivity contribution in [1.29, 1.82) is 0 Å². The molecule has 0 aliphatic heterocycles. The lowest BCUT2D eigenvalue weighted by atomic mass is 10.1. The van der Waals surface area contributed by atoms with Gasteiger partial charge in [-0.3, -0.25) is 18.7 Å². The van der Waals surface area contributed by atoms with E-state index >= 15 is 0 Å². The zero-order chi connectivity index (χ0) is 20.5. The van der Waals surface area contributed by atoms with E-state index in [1.165, 1.54) is 4.57 Å². The maximum Gasteiger partial charge on any atom is 0.329 e. The van der Waals surface area contributed by atoms with Crippen LogP contribution in [0.2, 0.25) is 0 Å². The Bertz CT molecular complexity index is 1120. The van der Waals surface area contributed by atoms with Crippen LogP contribution in [0, 0.1) is 5.92 Å². The van der Waals surface area contributed by atoms with Gasteiger partial charge in [-0.15, -0.1) is 0 Å². The van der Waals surface area contributed by atoms with E-state index in [1.54, 1.807) is 11.6 Å². The number of aromatic nitrogens is 2. The van der Waals surface area contributed by atoms with Crippen molar-refractivity contribution in [3.63, 3.8) is 0 Å². The van der Waals surface area contributed by atoms with E-state index in [-0.39, 0.29) is 36.0 Å². The van der Waals surface area contributed by atoms with Crippen LogP contribution in [-0.4, -0.2) is 20.9 Å². The second-order valence-electron chi connectivity index (χ2n) is 7.59. The van der Waals surface area contributed by atoms with Crippen LogP contribution in [0.4, 0.5) is 5.69 Å². The van der Waals surface area contributed by atoms with Crippen LogP contribution >= 0.6 is 0 Å². The number of nitrogens with one attached hydrogen (secondary N) is 2. The third kappa shape index (κ3) is 3.94. The molecule has 2 aromatic carbocycles. The van der Waals surface area contributed by atoms with Gasteiger partial charge in [0.15, 0.2) is 0 Å². The molecule has 1 fully saturated rings. The Labute approximate surface area is 168 Å². The minimum atomic E-state index is -0.234. The van der Waals surface area contributed by atoms with E-state index in [9.17, 15) is 14.4 Å². The zero-order valence-corrected chi connectivity index (χ0v) is 16.5. The van der Waals surface area contributed by atoms with Gasteiger partial charge in [0.2, 0.25) is 11.8 Å². The van der Waals surface area contributed by atoms with Crippen molar-refractivity contribution in [3.8, 4) is 0 Å². The highest BCUT2D eigenvalue weighted by atomic mass is 16.2. The first-order chi connectivity index (χ1) is 13.9. The molecular formula is C22H24N4O3. The summed E-state index contributed by atoms with van der Waals surface area (Å²) in [5.41, 5.74) is 2.99. The lowest BCUT2D eigenvalue weighted by Gasteiger charge is -2.15. The Hall–Kier alpha value is -3.35. The number of rotatable bonds is 6. The maximum atomic E-state index is 12.6. The van der Waals surface area contributed by atoms with Crippen molar-refractivity contribution in [2.75, 3.05) is 5.32 Å². The Kier molecular flexibility index (Phi) is 4.96. The highest BCUT2D eigenvalue weighted by molar-refractivity contribution is 5.94. The van der Waals surface area contributed by atoms with Crippen molar-refractivity contribution in [1.82, 2.24) is 14.5 Å². The van der Waals surface area contributed by atoms with Gasteiger partial charge in [0.05, 0.1) is 17.1 Å². The molecule has 1 heterocycles. The summed E-state index contributed by atoms with van der Waals surface area (Å²) in [6.45, 7) is 1.85.